The highest BCUT2D eigenvalue weighted by molar-refractivity contribution is 7.97. The smallest absolute Gasteiger partial charge is 0.250 e. The quantitative estimate of drug-likeness (QED) is 0.543. The number of carbonyl (C=O) groups is 2. The summed E-state index contributed by atoms with van der Waals surface area (Å²) in [7, 11) is 1.68. The minimum Gasteiger partial charge on any atom is -0.462 e. The molecule has 1 aliphatic rings. The van der Waals surface area contributed by atoms with Gasteiger partial charge in [-0.15, -0.1) is 0 Å². The van der Waals surface area contributed by atoms with Crippen LogP contribution >= 0.6 is 11.9 Å². The maximum Gasteiger partial charge on any atom is 0.250 e. The molecule has 0 spiro atoms. The van der Waals surface area contributed by atoms with E-state index in [4.69, 9.17) is 4.42 Å². The molecule has 0 fully saturated rings. The molecule has 0 saturated carbocycles. The second-order valence-electron chi connectivity index (χ2n) is 6.37. The van der Waals surface area contributed by atoms with Crippen LogP contribution in [0.4, 0.5) is 5.69 Å². The average Bonchev–Trinajstić information content (AvgIpc) is 2.64. The Hall–Kier alpha value is -2.90. The first-order valence-corrected chi connectivity index (χ1v) is 9.10. The first-order chi connectivity index (χ1) is 13.0. The first-order valence-electron chi connectivity index (χ1n) is 8.33. The van der Waals surface area contributed by atoms with Gasteiger partial charge in [-0.25, -0.2) is 4.31 Å². The number of likely N-dealkylation sites (N-methyl/N-ethyl adjacent to an activating group) is 1. The Labute approximate surface area is 159 Å². The molecule has 1 amide bonds. The number of nitrogens with zero attached hydrogens (tertiary/aromatic N) is 1. The zero-order chi connectivity index (χ0) is 19.1. The van der Waals surface area contributed by atoms with Crippen LogP contribution in [0.25, 0.3) is 11.0 Å². The molecule has 1 unspecified atom stereocenters. The van der Waals surface area contributed by atoms with Crippen LogP contribution in [0.15, 0.2) is 62.8 Å². The van der Waals surface area contributed by atoms with E-state index in [1.54, 1.807) is 35.6 Å². The number of fused-ring (bicyclic) bond motifs is 2. The minimum absolute atomic E-state index is 0.0168. The molecule has 1 N–H and O–H groups in total. The van der Waals surface area contributed by atoms with E-state index in [2.05, 4.69) is 5.32 Å². The van der Waals surface area contributed by atoms with Gasteiger partial charge in [0.15, 0.2) is 11.8 Å². The van der Waals surface area contributed by atoms with E-state index >= 15 is 0 Å². The Morgan fingerprint density at radius 2 is 1.96 bits per heavy atom. The molecule has 6 nitrogen and oxygen atoms in total. The predicted octanol–water partition coefficient (Wildman–Crippen LogP) is 3.24. The number of carbonyl (C=O) groups excluding carboxylic acids is 2. The predicted molar refractivity (Wildman–Crippen MR) is 104 cm³/mol. The van der Waals surface area contributed by atoms with Gasteiger partial charge in [-0.05, 0) is 44.1 Å². The number of anilines is 1. The van der Waals surface area contributed by atoms with Crippen molar-refractivity contribution in [2.75, 3.05) is 12.4 Å². The molecule has 3 aromatic rings. The van der Waals surface area contributed by atoms with Gasteiger partial charge in [-0.2, -0.15) is 0 Å². The number of rotatable bonds is 2. The molecule has 4 rings (SSSR count). The molecule has 7 heteroatoms. The number of aryl methyl sites for hydroxylation is 1. The highest BCUT2D eigenvalue weighted by atomic mass is 32.2. The maximum absolute atomic E-state index is 12.8. The van der Waals surface area contributed by atoms with Gasteiger partial charge in [-0.3, -0.25) is 14.4 Å². The van der Waals surface area contributed by atoms with Gasteiger partial charge in [0, 0.05) is 10.5 Å². The van der Waals surface area contributed by atoms with Crippen molar-refractivity contribution in [1.82, 2.24) is 4.31 Å². The van der Waals surface area contributed by atoms with Gasteiger partial charge in [0.05, 0.1) is 5.39 Å². The monoisotopic (exact) mass is 380 g/mol. The summed E-state index contributed by atoms with van der Waals surface area (Å²) in [6, 6.07) is 11.4. The fourth-order valence-corrected chi connectivity index (χ4v) is 4.10. The molecule has 0 aliphatic carbocycles. The van der Waals surface area contributed by atoms with Crippen molar-refractivity contribution in [2.24, 2.45) is 0 Å². The highest BCUT2D eigenvalue weighted by Gasteiger charge is 2.37. The Morgan fingerprint density at radius 3 is 2.78 bits per heavy atom. The number of benzene rings is 2. The van der Waals surface area contributed by atoms with Gasteiger partial charge < -0.3 is 9.73 Å². The second-order valence-corrected chi connectivity index (χ2v) is 7.57. The number of amides is 1. The van der Waals surface area contributed by atoms with E-state index in [-0.39, 0.29) is 16.9 Å². The summed E-state index contributed by atoms with van der Waals surface area (Å²) in [5.74, 6) is -0.867. The molecular weight excluding hydrogens is 364 g/mol. The van der Waals surface area contributed by atoms with E-state index < -0.39 is 11.9 Å². The zero-order valence-electron chi connectivity index (χ0n) is 14.7. The third kappa shape index (κ3) is 3.05. The van der Waals surface area contributed by atoms with E-state index in [0.29, 0.717) is 16.5 Å². The van der Waals surface area contributed by atoms with Crippen molar-refractivity contribution in [2.45, 2.75) is 17.9 Å². The summed E-state index contributed by atoms with van der Waals surface area (Å²) in [5, 5.41) is 2.95. The average molecular weight is 380 g/mol. The van der Waals surface area contributed by atoms with Gasteiger partial charge in [0.2, 0.25) is 5.43 Å². The van der Waals surface area contributed by atoms with E-state index in [0.717, 1.165) is 10.5 Å². The fraction of sp³-hybridized carbons (Fsp3) is 0.150. The fourth-order valence-electron chi connectivity index (χ4n) is 3.09. The van der Waals surface area contributed by atoms with Crippen LogP contribution in [0.2, 0.25) is 0 Å². The van der Waals surface area contributed by atoms with Crippen LogP contribution in [-0.4, -0.2) is 29.1 Å². The van der Waals surface area contributed by atoms with Crippen molar-refractivity contribution in [3.05, 3.63) is 70.1 Å². The molecule has 2 heterocycles. The van der Waals surface area contributed by atoms with Crippen LogP contribution in [0.1, 0.15) is 15.9 Å². The molecule has 2 aromatic carbocycles. The Bertz CT molecular complexity index is 1140. The summed E-state index contributed by atoms with van der Waals surface area (Å²) in [4.78, 5) is 39.1. The first kappa shape index (κ1) is 17.5. The van der Waals surface area contributed by atoms with Crippen LogP contribution in [0.5, 0.6) is 0 Å². The van der Waals surface area contributed by atoms with E-state index in [1.807, 2.05) is 25.1 Å². The van der Waals surface area contributed by atoms with Crippen LogP contribution in [-0.2, 0) is 4.79 Å². The van der Waals surface area contributed by atoms with Gasteiger partial charge in [-0.1, -0.05) is 29.8 Å². The lowest BCUT2D eigenvalue weighted by Gasteiger charge is -2.30. The van der Waals surface area contributed by atoms with E-state index in [9.17, 15) is 14.4 Å². The van der Waals surface area contributed by atoms with Crippen molar-refractivity contribution >= 4 is 40.3 Å². The van der Waals surface area contributed by atoms with Gasteiger partial charge >= 0.3 is 0 Å². The van der Waals surface area contributed by atoms with Gasteiger partial charge in [0.1, 0.15) is 17.5 Å². The number of nitrogens with one attached hydrogen (secondary N) is 1. The molecule has 27 heavy (non-hydrogen) atoms. The molecule has 1 atom stereocenters. The van der Waals surface area contributed by atoms with Crippen molar-refractivity contribution in [3.63, 3.8) is 0 Å². The highest BCUT2D eigenvalue weighted by Crippen LogP contribution is 2.34. The number of hydrogen-bond donors (Lipinski definition) is 1. The molecule has 1 aromatic heterocycles. The Kier molecular flexibility index (Phi) is 4.33. The summed E-state index contributed by atoms with van der Waals surface area (Å²) in [5.41, 5.74) is 1.53. The standard InChI is InChI=1S/C20H16N2O4S/c1-11-7-8-15-13(9-11)18(23)14(10-26-15)21-20(25)17-19(24)12-5-3-4-6-16(12)27-22(17)2/h3-10,17H,1-2H3,(H,21,25). The summed E-state index contributed by atoms with van der Waals surface area (Å²) >= 11 is 1.32. The molecule has 136 valence electrons. The van der Waals surface area contributed by atoms with Crippen LogP contribution in [0.3, 0.4) is 0 Å². The number of hydrogen-bond acceptors (Lipinski definition) is 6. The topological polar surface area (TPSA) is 79.6 Å². The van der Waals surface area contributed by atoms with Crippen molar-refractivity contribution in [3.8, 4) is 0 Å². The lowest BCUT2D eigenvalue weighted by Crippen LogP contribution is -2.47. The summed E-state index contributed by atoms with van der Waals surface area (Å²) < 4.78 is 7.05. The largest absolute Gasteiger partial charge is 0.462 e. The summed E-state index contributed by atoms with van der Waals surface area (Å²) in [6.07, 6.45) is 1.21. The third-order valence-corrected chi connectivity index (χ3v) is 5.49. The van der Waals surface area contributed by atoms with Crippen molar-refractivity contribution < 1.29 is 14.0 Å². The number of ketones is 1. The minimum atomic E-state index is -1.03. The zero-order valence-corrected chi connectivity index (χ0v) is 15.5. The second kappa shape index (κ2) is 6.68. The lowest BCUT2D eigenvalue weighted by molar-refractivity contribution is -0.118. The summed E-state index contributed by atoms with van der Waals surface area (Å²) in [6.45, 7) is 1.87. The molecule has 0 radical (unpaired) electrons. The lowest BCUT2D eigenvalue weighted by atomic mass is 10.0. The SMILES string of the molecule is Cc1ccc2occ(NC(=O)C3C(=O)c4ccccc4SN3C)c(=O)c2c1. The van der Waals surface area contributed by atoms with Crippen LogP contribution in [0, 0.1) is 6.92 Å². The normalized spacial score (nSPS) is 17.0. The van der Waals surface area contributed by atoms with Gasteiger partial charge in [0.25, 0.3) is 5.91 Å². The van der Waals surface area contributed by atoms with Crippen LogP contribution < -0.4 is 10.7 Å². The van der Waals surface area contributed by atoms with E-state index in [1.165, 1.54) is 18.2 Å². The Balaban J connectivity index is 1.67. The molecular formula is C20H16N2O4S. The third-order valence-electron chi connectivity index (χ3n) is 4.44. The molecule has 0 bridgehead atoms. The Morgan fingerprint density at radius 1 is 1.19 bits per heavy atom. The molecule has 0 saturated heterocycles. The maximum atomic E-state index is 12.8. The molecule has 1 aliphatic heterocycles. The number of Topliss-reactive ketones (excluding diaryl/α,β-unsaturated/α-hetero) is 1. The van der Waals surface area contributed by atoms with Crippen molar-refractivity contribution in [1.29, 1.82) is 0 Å².